The monoisotopic (exact) mass is 415 g/mol. The fourth-order valence-electron chi connectivity index (χ4n) is 3.47. The number of para-hydroxylation sites is 1. The van der Waals surface area contributed by atoms with E-state index in [0.717, 1.165) is 5.56 Å². The summed E-state index contributed by atoms with van der Waals surface area (Å²) in [7, 11) is 3.07. The molecule has 3 aromatic carbocycles. The Balaban J connectivity index is 1.80. The molecule has 1 amide bonds. The van der Waals surface area contributed by atoms with E-state index < -0.39 is 5.91 Å². The molecule has 4 aromatic rings. The largest absolute Gasteiger partial charge is 0.493 e. The third-order valence-corrected chi connectivity index (χ3v) is 5.07. The van der Waals surface area contributed by atoms with Crippen LogP contribution in [0.3, 0.4) is 0 Å². The van der Waals surface area contributed by atoms with Gasteiger partial charge in [-0.05, 0) is 31.2 Å². The van der Waals surface area contributed by atoms with Gasteiger partial charge in [-0.1, -0.05) is 36.4 Å². The average Bonchev–Trinajstić information content (AvgIpc) is 2.81. The van der Waals surface area contributed by atoms with Gasteiger partial charge in [0.15, 0.2) is 22.5 Å². The van der Waals surface area contributed by atoms with Gasteiger partial charge in [-0.2, -0.15) is 0 Å². The number of hydrogen-bond donors (Lipinski definition) is 1. The molecule has 0 aliphatic carbocycles. The van der Waals surface area contributed by atoms with E-state index in [4.69, 9.17) is 13.9 Å². The van der Waals surface area contributed by atoms with E-state index in [9.17, 15) is 9.59 Å². The maximum absolute atomic E-state index is 13.1. The van der Waals surface area contributed by atoms with Crippen molar-refractivity contribution in [3.8, 4) is 22.8 Å². The first-order valence-corrected chi connectivity index (χ1v) is 9.68. The van der Waals surface area contributed by atoms with Crippen molar-refractivity contribution >= 4 is 22.6 Å². The molecule has 6 heteroatoms. The second-order valence-corrected chi connectivity index (χ2v) is 6.96. The summed E-state index contributed by atoms with van der Waals surface area (Å²) < 4.78 is 16.6. The Labute approximate surface area is 179 Å². The van der Waals surface area contributed by atoms with Crippen LogP contribution in [-0.2, 0) is 0 Å². The molecule has 0 spiro atoms. The number of anilines is 1. The van der Waals surface area contributed by atoms with Crippen LogP contribution in [-0.4, -0.2) is 20.1 Å². The summed E-state index contributed by atoms with van der Waals surface area (Å²) >= 11 is 0. The van der Waals surface area contributed by atoms with E-state index >= 15 is 0 Å². The highest BCUT2D eigenvalue weighted by atomic mass is 16.5. The highest BCUT2D eigenvalue weighted by Gasteiger charge is 2.19. The van der Waals surface area contributed by atoms with Crippen LogP contribution in [0.5, 0.6) is 11.5 Å². The van der Waals surface area contributed by atoms with Crippen molar-refractivity contribution in [1.29, 1.82) is 0 Å². The summed E-state index contributed by atoms with van der Waals surface area (Å²) in [6.07, 6.45) is 0. The van der Waals surface area contributed by atoms with Crippen molar-refractivity contribution in [2.24, 2.45) is 0 Å². The number of fused-ring (bicyclic) bond motifs is 1. The molecule has 6 nitrogen and oxygen atoms in total. The normalized spacial score (nSPS) is 10.7. The van der Waals surface area contributed by atoms with E-state index in [1.54, 1.807) is 50.4 Å². The van der Waals surface area contributed by atoms with Crippen LogP contribution in [0.1, 0.15) is 15.9 Å². The van der Waals surface area contributed by atoms with Gasteiger partial charge >= 0.3 is 0 Å². The molecular weight excluding hydrogens is 394 g/mol. The van der Waals surface area contributed by atoms with Crippen LogP contribution >= 0.6 is 0 Å². The second kappa shape index (κ2) is 8.36. The molecular formula is C25H21NO5. The van der Waals surface area contributed by atoms with Gasteiger partial charge in [0, 0.05) is 22.9 Å². The van der Waals surface area contributed by atoms with Crippen molar-refractivity contribution in [2.75, 3.05) is 19.5 Å². The van der Waals surface area contributed by atoms with E-state index in [-0.39, 0.29) is 16.6 Å². The molecule has 0 atom stereocenters. The van der Waals surface area contributed by atoms with Crippen LogP contribution < -0.4 is 20.2 Å². The Bertz CT molecular complexity index is 1330. The molecule has 0 aliphatic heterocycles. The van der Waals surface area contributed by atoms with Gasteiger partial charge in [-0.15, -0.1) is 0 Å². The first kappa shape index (κ1) is 20.2. The Kier molecular flexibility index (Phi) is 5.45. The van der Waals surface area contributed by atoms with E-state index in [1.165, 1.54) is 7.11 Å². The second-order valence-electron chi connectivity index (χ2n) is 6.96. The molecule has 4 rings (SSSR count). The highest BCUT2D eigenvalue weighted by Crippen LogP contribution is 2.31. The molecule has 0 bridgehead atoms. The van der Waals surface area contributed by atoms with Crippen LogP contribution in [0, 0.1) is 6.92 Å². The molecule has 0 unspecified atom stereocenters. The minimum Gasteiger partial charge on any atom is -0.493 e. The fraction of sp³-hybridized carbons (Fsp3) is 0.120. The van der Waals surface area contributed by atoms with Crippen molar-refractivity contribution < 1.29 is 18.7 Å². The van der Waals surface area contributed by atoms with Crippen LogP contribution in [0.15, 0.2) is 75.9 Å². The number of hydrogen-bond acceptors (Lipinski definition) is 5. The Morgan fingerprint density at radius 1 is 0.903 bits per heavy atom. The molecule has 1 N–H and O–H groups in total. The lowest BCUT2D eigenvalue weighted by Gasteiger charge is -2.12. The van der Waals surface area contributed by atoms with Gasteiger partial charge in [0.25, 0.3) is 5.91 Å². The number of benzene rings is 3. The highest BCUT2D eigenvalue weighted by molar-refractivity contribution is 6.11. The molecule has 1 heterocycles. The maximum atomic E-state index is 13.1. The molecule has 0 radical (unpaired) electrons. The first-order chi connectivity index (χ1) is 15.0. The van der Waals surface area contributed by atoms with Crippen molar-refractivity contribution in [3.63, 3.8) is 0 Å². The molecule has 0 fully saturated rings. The van der Waals surface area contributed by atoms with E-state index in [0.29, 0.717) is 33.9 Å². The minimum absolute atomic E-state index is 0.166. The van der Waals surface area contributed by atoms with Crippen molar-refractivity contribution in [2.45, 2.75) is 6.92 Å². The zero-order valence-corrected chi connectivity index (χ0v) is 17.4. The maximum Gasteiger partial charge on any atom is 0.259 e. The van der Waals surface area contributed by atoms with Gasteiger partial charge in [-0.3, -0.25) is 9.59 Å². The zero-order chi connectivity index (χ0) is 22.0. The Morgan fingerprint density at radius 2 is 1.65 bits per heavy atom. The quantitative estimate of drug-likeness (QED) is 0.494. The number of ether oxygens (including phenoxy) is 2. The summed E-state index contributed by atoms with van der Waals surface area (Å²) in [6.45, 7) is 1.73. The summed E-state index contributed by atoms with van der Waals surface area (Å²) in [4.78, 5) is 26.1. The SMILES string of the molecule is COc1ccc(NC(=O)c2cccc3c(=O)c(C)c(-c4ccccc4)oc23)cc1OC. The smallest absolute Gasteiger partial charge is 0.259 e. The summed E-state index contributed by atoms with van der Waals surface area (Å²) in [5, 5.41) is 3.19. The van der Waals surface area contributed by atoms with Gasteiger partial charge in [0.1, 0.15) is 5.76 Å². The number of amides is 1. The predicted molar refractivity (Wildman–Crippen MR) is 120 cm³/mol. The summed E-state index contributed by atoms with van der Waals surface area (Å²) in [5.74, 6) is 1.10. The van der Waals surface area contributed by atoms with Crippen LogP contribution in [0.25, 0.3) is 22.3 Å². The first-order valence-electron chi connectivity index (χ1n) is 9.68. The average molecular weight is 415 g/mol. The standard InChI is InChI=1S/C25H21NO5/c1-15-22(27)18-10-7-11-19(24(18)31-23(15)16-8-5-4-6-9-16)25(28)26-17-12-13-20(29-2)21(14-17)30-3/h4-14H,1-3H3,(H,26,28). The Morgan fingerprint density at radius 3 is 2.35 bits per heavy atom. The molecule has 31 heavy (non-hydrogen) atoms. The summed E-state index contributed by atoms with van der Waals surface area (Å²) in [5.41, 5.74) is 2.14. The van der Waals surface area contributed by atoms with Gasteiger partial charge in [0.05, 0.1) is 25.2 Å². The van der Waals surface area contributed by atoms with E-state index in [1.807, 2.05) is 30.3 Å². The van der Waals surface area contributed by atoms with Gasteiger partial charge in [0.2, 0.25) is 0 Å². The number of methoxy groups -OCH3 is 2. The zero-order valence-electron chi connectivity index (χ0n) is 17.4. The number of nitrogens with one attached hydrogen (secondary N) is 1. The third kappa shape index (κ3) is 3.75. The lowest BCUT2D eigenvalue weighted by Crippen LogP contribution is -2.15. The number of carbonyl (C=O) groups excluding carboxylic acids is 1. The molecule has 0 aliphatic rings. The third-order valence-electron chi connectivity index (χ3n) is 5.07. The number of carbonyl (C=O) groups is 1. The van der Waals surface area contributed by atoms with E-state index in [2.05, 4.69) is 5.32 Å². The molecule has 0 saturated heterocycles. The lowest BCUT2D eigenvalue weighted by molar-refractivity contribution is 0.102. The molecule has 156 valence electrons. The minimum atomic E-state index is -0.399. The molecule has 0 saturated carbocycles. The Hall–Kier alpha value is -4.06. The summed E-state index contributed by atoms with van der Waals surface area (Å²) in [6, 6.07) is 19.4. The molecule has 1 aromatic heterocycles. The lowest BCUT2D eigenvalue weighted by atomic mass is 10.0. The van der Waals surface area contributed by atoms with Crippen molar-refractivity contribution in [3.05, 3.63) is 88.1 Å². The van der Waals surface area contributed by atoms with Crippen LogP contribution in [0.4, 0.5) is 5.69 Å². The number of rotatable bonds is 5. The van der Waals surface area contributed by atoms with Gasteiger partial charge < -0.3 is 19.2 Å². The fourth-order valence-corrected chi connectivity index (χ4v) is 3.47. The van der Waals surface area contributed by atoms with Gasteiger partial charge in [-0.25, -0.2) is 0 Å². The van der Waals surface area contributed by atoms with Crippen LogP contribution in [0.2, 0.25) is 0 Å². The van der Waals surface area contributed by atoms with Crippen molar-refractivity contribution in [1.82, 2.24) is 0 Å². The predicted octanol–water partition coefficient (Wildman–Crippen LogP) is 5.04. The topological polar surface area (TPSA) is 77.8 Å².